The molecule has 0 saturated heterocycles. The van der Waals surface area contributed by atoms with Crippen LogP contribution >= 0.6 is 0 Å². The molecule has 0 aromatic heterocycles. The van der Waals surface area contributed by atoms with Crippen molar-refractivity contribution in [3.63, 3.8) is 0 Å². The third-order valence-electron chi connectivity index (χ3n) is 1.76. The molecule has 0 spiro atoms. The van der Waals surface area contributed by atoms with Crippen LogP contribution in [-0.2, 0) is 4.79 Å². The summed E-state index contributed by atoms with van der Waals surface area (Å²) in [5.41, 5.74) is 0. The number of nitrogens with one attached hydrogen (secondary N) is 1. The molecule has 0 heterocycles. The summed E-state index contributed by atoms with van der Waals surface area (Å²) in [6.07, 6.45) is 2.70. The number of rotatable bonds is 6. The van der Waals surface area contributed by atoms with Gasteiger partial charge in [-0.05, 0) is 13.0 Å². The maximum absolute atomic E-state index is 11.2. The van der Waals surface area contributed by atoms with Crippen molar-refractivity contribution in [2.24, 2.45) is 0 Å². The monoisotopic (exact) mass is 157 g/mol. The van der Waals surface area contributed by atoms with Crippen LogP contribution < -0.4 is 5.32 Å². The zero-order valence-corrected chi connectivity index (χ0v) is 7.81. The molecule has 11 heavy (non-hydrogen) atoms. The summed E-state index contributed by atoms with van der Waals surface area (Å²) in [6.45, 7) is 6.94. The van der Waals surface area contributed by atoms with Crippen LogP contribution in [-0.4, -0.2) is 18.4 Å². The van der Waals surface area contributed by atoms with E-state index < -0.39 is 0 Å². The Morgan fingerprint density at radius 1 is 1.36 bits per heavy atom. The van der Waals surface area contributed by atoms with Gasteiger partial charge in [-0.15, -0.1) is 0 Å². The van der Waals surface area contributed by atoms with Gasteiger partial charge in [0.2, 0.25) is 0 Å². The lowest BCUT2D eigenvalue weighted by Gasteiger charge is -2.14. The smallest absolute Gasteiger partial charge is 0.149 e. The summed E-state index contributed by atoms with van der Waals surface area (Å²) in [5.74, 6) is 0.341. The van der Waals surface area contributed by atoms with Crippen molar-refractivity contribution >= 4 is 5.78 Å². The molecule has 0 aromatic carbocycles. The highest BCUT2D eigenvalue weighted by molar-refractivity contribution is 5.83. The van der Waals surface area contributed by atoms with E-state index in [4.69, 9.17) is 0 Å². The second-order valence-electron chi connectivity index (χ2n) is 2.72. The van der Waals surface area contributed by atoms with Crippen molar-refractivity contribution in [2.75, 3.05) is 6.54 Å². The van der Waals surface area contributed by atoms with Gasteiger partial charge >= 0.3 is 0 Å². The molecule has 2 heteroatoms. The fourth-order valence-corrected chi connectivity index (χ4v) is 1.16. The van der Waals surface area contributed by atoms with Crippen LogP contribution in [0, 0.1) is 0 Å². The Hall–Kier alpha value is -0.370. The van der Waals surface area contributed by atoms with E-state index in [-0.39, 0.29) is 6.04 Å². The van der Waals surface area contributed by atoms with Crippen molar-refractivity contribution in [1.29, 1.82) is 0 Å². The number of ketones is 1. The van der Waals surface area contributed by atoms with Crippen molar-refractivity contribution in [1.82, 2.24) is 5.32 Å². The maximum Gasteiger partial charge on any atom is 0.149 e. The average Bonchev–Trinajstić information content (AvgIpc) is 2.03. The van der Waals surface area contributed by atoms with E-state index in [1.54, 1.807) is 0 Å². The van der Waals surface area contributed by atoms with E-state index in [0.29, 0.717) is 12.2 Å². The molecule has 2 nitrogen and oxygen atoms in total. The SMILES string of the molecule is CCC[C@H](NCC)C(=O)CC. The summed E-state index contributed by atoms with van der Waals surface area (Å²) < 4.78 is 0. The molecule has 0 aromatic rings. The van der Waals surface area contributed by atoms with Crippen LogP contribution in [0.1, 0.15) is 40.0 Å². The molecule has 0 aliphatic carbocycles. The topological polar surface area (TPSA) is 29.1 Å². The van der Waals surface area contributed by atoms with Crippen molar-refractivity contribution in [3.8, 4) is 0 Å². The molecule has 0 rings (SSSR count). The second kappa shape index (κ2) is 6.35. The summed E-state index contributed by atoms with van der Waals surface area (Å²) in [7, 11) is 0. The summed E-state index contributed by atoms with van der Waals surface area (Å²) in [4.78, 5) is 11.2. The minimum atomic E-state index is 0.106. The van der Waals surface area contributed by atoms with Gasteiger partial charge in [0, 0.05) is 6.42 Å². The molecular formula is C9H19NO. The standard InChI is InChI=1S/C9H19NO/c1-4-7-8(10-6-3)9(11)5-2/h8,10H,4-7H2,1-3H3/t8-/m0/s1. The Kier molecular flexibility index (Phi) is 6.13. The first kappa shape index (κ1) is 10.6. The van der Waals surface area contributed by atoms with Crippen LogP contribution in [0.3, 0.4) is 0 Å². The fourth-order valence-electron chi connectivity index (χ4n) is 1.16. The number of carbonyl (C=O) groups excluding carboxylic acids is 1. The summed E-state index contributed by atoms with van der Waals surface area (Å²) in [6, 6.07) is 0.106. The number of Topliss-reactive ketones (excluding diaryl/α,β-unsaturated/α-hetero) is 1. The van der Waals surface area contributed by atoms with E-state index in [9.17, 15) is 4.79 Å². The first-order chi connectivity index (χ1) is 5.26. The molecule has 0 aliphatic rings. The maximum atomic E-state index is 11.2. The van der Waals surface area contributed by atoms with Gasteiger partial charge in [0.25, 0.3) is 0 Å². The highest BCUT2D eigenvalue weighted by Gasteiger charge is 2.12. The molecule has 1 N–H and O–H groups in total. The highest BCUT2D eigenvalue weighted by Crippen LogP contribution is 2.00. The zero-order chi connectivity index (χ0) is 8.69. The Labute approximate surface area is 69.4 Å². The fraction of sp³-hybridized carbons (Fsp3) is 0.889. The quantitative estimate of drug-likeness (QED) is 0.636. The van der Waals surface area contributed by atoms with Crippen LogP contribution in [0.5, 0.6) is 0 Å². The zero-order valence-electron chi connectivity index (χ0n) is 7.81. The number of carbonyl (C=O) groups is 1. The van der Waals surface area contributed by atoms with E-state index in [1.807, 2.05) is 13.8 Å². The van der Waals surface area contributed by atoms with Gasteiger partial charge in [0.05, 0.1) is 6.04 Å². The van der Waals surface area contributed by atoms with Gasteiger partial charge in [-0.3, -0.25) is 4.79 Å². The second-order valence-corrected chi connectivity index (χ2v) is 2.72. The van der Waals surface area contributed by atoms with Crippen LogP contribution in [0.4, 0.5) is 0 Å². The van der Waals surface area contributed by atoms with Gasteiger partial charge < -0.3 is 5.32 Å². The first-order valence-corrected chi connectivity index (χ1v) is 4.52. The molecule has 0 amide bonds. The molecule has 0 saturated carbocycles. The van der Waals surface area contributed by atoms with Crippen molar-refractivity contribution in [2.45, 2.75) is 46.1 Å². The summed E-state index contributed by atoms with van der Waals surface area (Å²) in [5, 5.41) is 3.18. The van der Waals surface area contributed by atoms with E-state index >= 15 is 0 Å². The third kappa shape index (κ3) is 4.14. The Morgan fingerprint density at radius 3 is 2.36 bits per heavy atom. The molecule has 66 valence electrons. The molecule has 0 aliphatic heterocycles. The predicted molar refractivity (Wildman–Crippen MR) is 47.7 cm³/mol. The largest absolute Gasteiger partial charge is 0.308 e. The van der Waals surface area contributed by atoms with Crippen LogP contribution in [0.2, 0.25) is 0 Å². The molecular weight excluding hydrogens is 138 g/mol. The number of hydrogen-bond donors (Lipinski definition) is 1. The average molecular weight is 157 g/mol. The molecule has 0 fully saturated rings. The normalized spacial score (nSPS) is 13.0. The minimum Gasteiger partial charge on any atom is -0.308 e. The van der Waals surface area contributed by atoms with Crippen LogP contribution in [0.25, 0.3) is 0 Å². The Morgan fingerprint density at radius 2 is 2.00 bits per heavy atom. The lowest BCUT2D eigenvalue weighted by molar-refractivity contribution is -0.120. The molecule has 0 bridgehead atoms. The van der Waals surface area contributed by atoms with Gasteiger partial charge in [-0.25, -0.2) is 0 Å². The van der Waals surface area contributed by atoms with E-state index in [2.05, 4.69) is 12.2 Å². The van der Waals surface area contributed by atoms with Crippen molar-refractivity contribution < 1.29 is 4.79 Å². The van der Waals surface area contributed by atoms with Crippen molar-refractivity contribution in [3.05, 3.63) is 0 Å². The van der Waals surface area contributed by atoms with E-state index in [0.717, 1.165) is 19.4 Å². The van der Waals surface area contributed by atoms with Crippen LogP contribution in [0.15, 0.2) is 0 Å². The minimum absolute atomic E-state index is 0.106. The Balaban J connectivity index is 3.76. The summed E-state index contributed by atoms with van der Waals surface area (Å²) >= 11 is 0. The van der Waals surface area contributed by atoms with Gasteiger partial charge in [0.1, 0.15) is 5.78 Å². The number of hydrogen-bond acceptors (Lipinski definition) is 2. The van der Waals surface area contributed by atoms with Gasteiger partial charge in [0.15, 0.2) is 0 Å². The molecule has 0 radical (unpaired) electrons. The third-order valence-corrected chi connectivity index (χ3v) is 1.76. The highest BCUT2D eigenvalue weighted by atomic mass is 16.1. The molecule has 1 atom stereocenters. The van der Waals surface area contributed by atoms with Gasteiger partial charge in [-0.1, -0.05) is 27.2 Å². The molecule has 0 unspecified atom stereocenters. The first-order valence-electron chi connectivity index (χ1n) is 4.52. The van der Waals surface area contributed by atoms with Gasteiger partial charge in [-0.2, -0.15) is 0 Å². The number of likely N-dealkylation sites (N-methyl/N-ethyl adjacent to an activating group) is 1. The predicted octanol–water partition coefficient (Wildman–Crippen LogP) is 1.74. The Bertz CT molecular complexity index is 106. The lowest BCUT2D eigenvalue weighted by Crippen LogP contribution is -2.35. The van der Waals surface area contributed by atoms with E-state index in [1.165, 1.54) is 0 Å². The lowest BCUT2D eigenvalue weighted by atomic mass is 10.1.